The molecular weight excluding hydrogens is 257 g/mol. The van der Waals surface area contributed by atoms with Gasteiger partial charge in [0.1, 0.15) is 11.6 Å². The normalized spacial score (nSPS) is 17.4. The summed E-state index contributed by atoms with van der Waals surface area (Å²) in [6.07, 6.45) is 3.91. The van der Waals surface area contributed by atoms with Crippen LogP contribution in [0.15, 0.2) is 6.07 Å². The first-order valence-electron chi connectivity index (χ1n) is 5.92. The van der Waals surface area contributed by atoms with Gasteiger partial charge >= 0.3 is 0 Å². The quantitative estimate of drug-likeness (QED) is 0.870. The Morgan fingerprint density at radius 1 is 1.29 bits per heavy atom. The highest BCUT2D eigenvalue weighted by Crippen LogP contribution is 2.33. The standard InChI is InChI=1S/C12H17Cl2N3/c1-7(8-4-3-5-8)16-12-10(14)6-9(13)11(15-2)17-12/h6-8H,3-5H2,1-2H3,(H2,15,16,17). The van der Waals surface area contributed by atoms with Crippen LogP contribution in [-0.2, 0) is 0 Å². The number of rotatable bonds is 4. The zero-order chi connectivity index (χ0) is 12.4. The minimum Gasteiger partial charge on any atom is -0.372 e. The highest BCUT2D eigenvalue weighted by Gasteiger charge is 2.24. The van der Waals surface area contributed by atoms with Crippen molar-refractivity contribution < 1.29 is 0 Å². The van der Waals surface area contributed by atoms with E-state index in [0.717, 1.165) is 5.92 Å². The molecule has 0 aromatic carbocycles. The lowest BCUT2D eigenvalue weighted by atomic mass is 9.80. The van der Waals surface area contributed by atoms with Crippen LogP contribution in [0.2, 0.25) is 10.0 Å². The summed E-state index contributed by atoms with van der Waals surface area (Å²) in [5, 5.41) is 7.43. The molecule has 2 N–H and O–H groups in total. The Kier molecular flexibility index (Phi) is 4.00. The molecule has 0 radical (unpaired) electrons. The van der Waals surface area contributed by atoms with Crippen LogP contribution < -0.4 is 10.6 Å². The number of aromatic nitrogens is 1. The molecular formula is C12H17Cl2N3. The van der Waals surface area contributed by atoms with Crippen LogP contribution in [0.25, 0.3) is 0 Å². The van der Waals surface area contributed by atoms with Gasteiger partial charge in [-0.3, -0.25) is 0 Å². The molecule has 1 aromatic rings. The summed E-state index contributed by atoms with van der Waals surface area (Å²) in [7, 11) is 1.79. The van der Waals surface area contributed by atoms with Crippen molar-refractivity contribution >= 4 is 34.8 Å². The molecule has 3 nitrogen and oxygen atoms in total. The van der Waals surface area contributed by atoms with Gasteiger partial charge in [0.2, 0.25) is 0 Å². The van der Waals surface area contributed by atoms with Crippen LogP contribution in [0.4, 0.5) is 11.6 Å². The van der Waals surface area contributed by atoms with Crippen molar-refractivity contribution in [3.8, 4) is 0 Å². The molecule has 0 bridgehead atoms. The summed E-state index contributed by atoms with van der Waals surface area (Å²) in [6.45, 7) is 2.18. The zero-order valence-corrected chi connectivity index (χ0v) is 11.6. The van der Waals surface area contributed by atoms with Gasteiger partial charge in [0.05, 0.1) is 10.0 Å². The van der Waals surface area contributed by atoms with Crippen molar-refractivity contribution in [1.82, 2.24) is 4.98 Å². The van der Waals surface area contributed by atoms with Crippen LogP contribution in [0, 0.1) is 5.92 Å². The number of hydrogen-bond donors (Lipinski definition) is 2. The number of nitrogens with one attached hydrogen (secondary N) is 2. The number of pyridine rings is 1. The maximum absolute atomic E-state index is 6.13. The van der Waals surface area contributed by atoms with Crippen LogP contribution in [-0.4, -0.2) is 18.1 Å². The first-order chi connectivity index (χ1) is 8.11. The summed E-state index contributed by atoms with van der Waals surface area (Å²) in [6, 6.07) is 2.12. The van der Waals surface area contributed by atoms with Gasteiger partial charge < -0.3 is 10.6 Å². The van der Waals surface area contributed by atoms with Crippen molar-refractivity contribution in [3.05, 3.63) is 16.1 Å². The molecule has 1 aromatic heterocycles. The van der Waals surface area contributed by atoms with Crippen molar-refractivity contribution in [1.29, 1.82) is 0 Å². The highest BCUT2D eigenvalue weighted by atomic mass is 35.5. The zero-order valence-electron chi connectivity index (χ0n) is 10.1. The van der Waals surface area contributed by atoms with Crippen LogP contribution in [0.1, 0.15) is 26.2 Å². The Morgan fingerprint density at radius 3 is 2.47 bits per heavy atom. The van der Waals surface area contributed by atoms with Gasteiger partial charge in [0.15, 0.2) is 0 Å². The summed E-state index contributed by atoms with van der Waals surface area (Å²) in [4.78, 5) is 4.38. The Hall–Kier alpha value is -0.670. The fourth-order valence-corrected chi connectivity index (χ4v) is 2.52. The summed E-state index contributed by atoms with van der Waals surface area (Å²) < 4.78 is 0. The van der Waals surface area contributed by atoms with E-state index in [-0.39, 0.29) is 0 Å². The highest BCUT2D eigenvalue weighted by molar-refractivity contribution is 6.37. The maximum Gasteiger partial charge on any atom is 0.147 e. The first-order valence-corrected chi connectivity index (χ1v) is 6.67. The van der Waals surface area contributed by atoms with E-state index in [1.165, 1.54) is 19.3 Å². The van der Waals surface area contributed by atoms with Gasteiger partial charge in [-0.1, -0.05) is 29.6 Å². The molecule has 17 heavy (non-hydrogen) atoms. The average Bonchev–Trinajstić information content (AvgIpc) is 2.19. The van der Waals surface area contributed by atoms with Gasteiger partial charge in [-0.05, 0) is 31.7 Å². The predicted molar refractivity (Wildman–Crippen MR) is 74.2 cm³/mol. The molecule has 0 amide bonds. The van der Waals surface area contributed by atoms with E-state index in [1.54, 1.807) is 13.1 Å². The SMILES string of the molecule is CNc1nc(NC(C)C2CCC2)c(Cl)cc1Cl. The van der Waals surface area contributed by atoms with Crippen molar-refractivity contribution in [3.63, 3.8) is 0 Å². The third kappa shape index (κ3) is 2.78. The largest absolute Gasteiger partial charge is 0.372 e. The number of nitrogens with zero attached hydrogens (tertiary/aromatic N) is 1. The second-order valence-electron chi connectivity index (χ2n) is 4.52. The van der Waals surface area contributed by atoms with E-state index in [4.69, 9.17) is 23.2 Å². The average molecular weight is 274 g/mol. The van der Waals surface area contributed by atoms with Gasteiger partial charge in [0, 0.05) is 13.1 Å². The molecule has 1 fully saturated rings. The van der Waals surface area contributed by atoms with E-state index in [2.05, 4.69) is 22.5 Å². The number of anilines is 2. The molecule has 1 heterocycles. The molecule has 0 saturated heterocycles. The molecule has 0 spiro atoms. The predicted octanol–water partition coefficient (Wildman–Crippen LogP) is 4.03. The Bertz CT molecular complexity index is 405. The smallest absolute Gasteiger partial charge is 0.147 e. The molecule has 0 aliphatic heterocycles. The molecule has 1 aliphatic carbocycles. The van der Waals surface area contributed by atoms with E-state index in [0.29, 0.717) is 27.7 Å². The minimum atomic E-state index is 0.402. The second kappa shape index (κ2) is 5.32. The molecule has 1 saturated carbocycles. The molecule has 5 heteroatoms. The lowest BCUT2D eigenvalue weighted by molar-refractivity contribution is 0.285. The first kappa shape index (κ1) is 12.8. The number of halogens is 2. The topological polar surface area (TPSA) is 37.0 Å². The van der Waals surface area contributed by atoms with Gasteiger partial charge in [-0.15, -0.1) is 0 Å². The lowest BCUT2D eigenvalue weighted by Gasteiger charge is -2.32. The van der Waals surface area contributed by atoms with Gasteiger partial charge in [-0.2, -0.15) is 0 Å². The fourth-order valence-electron chi connectivity index (χ4n) is 2.02. The van der Waals surface area contributed by atoms with Crippen LogP contribution in [0.3, 0.4) is 0 Å². The molecule has 1 atom stereocenters. The Labute approximate surface area is 112 Å². The third-order valence-corrected chi connectivity index (χ3v) is 3.96. The van der Waals surface area contributed by atoms with E-state index in [9.17, 15) is 0 Å². The Morgan fingerprint density at radius 2 is 1.94 bits per heavy atom. The van der Waals surface area contributed by atoms with Crippen molar-refractivity contribution in [2.75, 3.05) is 17.7 Å². The Balaban J connectivity index is 2.13. The molecule has 2 rings (SSSR count). The van der Waals surface area contributed by atoms with Crippen molar-refractivity contribution in [2.45, 2.75) is 32.2 Å². The summed E-state index contributed by atoms with van der Waals surface area (Å²) in [5.41, 5.74) is 0. The van der Waals surface area contributed by atoms with E-state index < -0.39 is 0 Å². The maximum atomic E-state index is 6.13. The van der Waals surface area contributed by atoms with Crippen molar-refractivity contribution in [2.24, 2.45) is 5.92 Å². The summed E-state index contributed by atoms with van der Waals surface area (Å²) >= 11 is 12.1. The molecule has 1 aliphatic rings. The summed E-state index contributed by atoms with van der Waals surface area (Å²) in [5.74, 6) is 2.10. The van der Waals surface area contributed by atoms with E-state index >= 15 is 0 Å². The minimum absolute atomic E-state index is 0.402. The third-order valence-electron chi connectivity index (χ3n) is 3.39. The molecule has 94 valence electrons. The van der Waals surface area contributed by atoms with Crippen LogP contribution in [0.5, 0.6) is 0 Å². The van der Waals surface area contributed by atoms with Gasteiger partial charge in [-0.25, -0.2) is 4.98 Å². The number of hydrogen-bond acceptors (Lipinski definition) is 3. The lowest BCUT2D eigenvalue weighted by Crippen LogP contribution is -2.31. The fraction of sp³-hybridized carbons (Fsp3) is 0.583. The van der Waals surface area contributed by atoms with Crippen LogP contribution >= 0.6 is 23.2 Å². The molecule has 1 unspecified atom stereocenters. The monoisotopic (exact) mass is 273 g/mol. The van der Waals surface area contributed by atoms with Gasteiger partial charge in [0.25, 0.3) is 0 Å². The second-order valence-corrected chi connectivity index (χ2v) is 5.34. The van der Waals surface area contributed by atoms with E-state index in [1.807, 2.05) is 0 Å².